The maximum absolute atomic E-state index is 12.5. The maximum Gasteiger partial charge on any atom is 0.471 e. The van der Waals surface area contributed by atoms with Crippen LogP contribution < -0.4 is 5.32 Å². The second-order valence-electron chi connectivity index (χ2n) is 11.3. The zero-order chi connectivity index (χ0) is 30.6. The molecule has 3 rings (SSSR count). The highest BCUT2D eigenvalue weighted by molar-refractivity contribution is 6.74. The molecule has 0 bridgehead atoms. The number of amides is 1. The number of aliphatic imine (C=N–C) groups is 1. The molecular weight excluding hydrogens is 581 g/mol. The van der Waals surface area contributed by atoms with Gasteiger partial charge in [-0.15, -0.1) is 0 Å². The van der Waals surface area contributed by atoms with Gasteiger partial charge >= 0.3 is 12.1 Å². The smallest absolute Gasteiger partial charge is 0.414 e. The van der Waals surface area contributed by atoms with Crippen molar-refractivity contribution in [3.05, 3.63) is 18.1 Å². The molecule has 2 aromatic heterocycles. The van der Waals surface area contributed by atoms with Crippen LogP contribution >= 0.6 is 11.6 Å². The zero-order valence-electron chi connectivity index (χ0n) is 24.2. The second kappa shape index (κ2) is 13.1. The van der Waals surface area contributed by atoms with Crippen molar-refractivity contribution < 1.29 is 31.9 Å². The van der Waals surface area contributed by atoms with Crippen LogP contribution in [0.3, 0.4) is 0 Å². The highest BCUT2D eigenvalue weighted by atomic mass is 35.5. The van der Waals surface area contributed by atoms with Gasteiger partial charge < -0.3 is 28.7 Å². The number of nitrogens with one attached hydrogen (secondary N) is 1. The van der Waals surface area contributed by atoms with E-state index < -0.39 is 39.3 Å². The molecule has 1 N–H and O–H groups in total. The Morgan fingerprint density at radius 2 is 2.05 bits per heavy atom. The summed E-state index contributed by atoms with van der Waals surface area (Å²) in [6, 6.07) is -0.0181. The first-order chi connectivity index (χ1) is 19.0. The first kappa shape index (κ1) is 32.8. The number of alkyl halides is 4. The predicted octanol–water partition coefficient (Wildman–Crippen LogP) is 4.57. The van der Waals surface area contributed by atoms with Gasteiger partial charge in [0.05, 0.1) is 36.5 Å². The standard InChI is InChI=1S/C26H36ClF3N6O4Si/c1-25(2,3)41(6,7)39-13-19-18(38-14-27)11-20(40-19)36-12-17(9-8-10-31-24(37)26(28,29)30)21-22(34-16-35(4)5)32-15-33-23(21)36/h12,15-16,18-20H,10-11,13-14H2,1-7H3,(H,31,37)/b34-16+/t18?,19-,20-/m1/s1. The summed E-state index contributed by atoms with van der Waals surface area (Å²) in [4.78, 5) is 26.0. The lowest BCUT2D eigenvalue weighted by Crippen LogP contribution is -2.44. The van der Waals surface area contributed by atoms with E-state index in [2.05, 4.69) is 60.7 Å². The molecule has 1 unspecified atom stereocenters. The lowest BCUT2D eigenvalue weighted by molar-refractivity contribution is -0.173. The lowest BCUT2D eigenvalue weighted by Gasteiger charge is -2.37. The van der Waals surface area contributed by atoms with E-state index in [9.17, 15) is 18.0 Å². The van der Waals surface area contributed by atoms with Crippen molar-refractivity contribution in [1.82, 2.24) is 24.8 Å². The Balaban J connectivity index is 1.96. The van der Waals surface area contributed by atoms with E-state index in [4.69, 9.17) is 25.5 Å². The van der Waals surface area contributed by atoms with Gasteiger partial charge in [0.1, 0.15) is 30.4 Å². The van der Waals surface area contributed by atoms with E-state index in [1.807, 2.05) is 0 Å². The van der Waals surface area contributed by atoms with E-state index in [1.165, 1.54) is 6.33 Å². The van der Waals surface area contributed by atoms with Crippen molar-refractivity contribution in [1.29, 1.82) is 0 Å². The minimum atomic E-state index is -4.99. The third-order valence-corrected chi connectivity index (χ3v) is 11.6. The van der Waals surface area contributed by atoms with Crippen molar-refractivity contribution >= 4 is 49.0 Å². The summed E-state index contributed by atoms with van der Waals surface area (Å²) in [5.74, 6) is 3.65. The normalized spacial score (nSPS) is 19.9. The van der Waals surface area contributed by atoms with E-state index in [0.717, 1.165) is 0 Å². The molecule has 41 heavy (non-hydrogen) atoms. The first-order valence-corrected chi connectivity index (χ1v) is 16.4. The molecule has 1 aliphatic rings. The fraction of sp³-hybridized carbons (Fsp3) is 0.615. The number of fused-ring (bicyclic) bond motifs is 1. The lowest BCUT2D eigenvalue weighted by atomic mass is 10.2. The summed E-state index contributed by atoms with van der Waals surface area (Å²) in [6.07, 6.45) is -1.22. The number of ether oxygens (including phenoxy) is 2. The van der Waals surface area contributed by atoms with Crippen LogP contribution in [-0.2, 0) is 18.7 Å². The molecule has 1 fully saturated rings. The number of hydrogen-bond donors (Lipinski definition) is 1. The van der Waals surface area contributed by atoms with Crippen LogP contribution in [0.1, 0.15) is 39.0 Å². The fourth-order valence-corrected chi connectivity index (χ4v) is 4.98. The van der Waals surface area contributed by atoms with Crippen LogP contribution in [0.15, 0.2) is 17.5 Å². The van der Waals surface area contributed by atoms with E-state index in [-0.39, 0.29) is 17.2 Å². The Hall–Kier alpha value is -2.70. The number of nitrogens with zero attached hydrogens (tertiary/aromatic N) is 5. The average Bonchev–Trinajstić information content (AvgIpc) is 3.44. The Labute approximate surface area is 243 Å². The van der Waals surface area contributed by atoms with Gasteiger partial charge in [0.15, 0.2) is 14.1 Å². The topological polar surface area (TPSA) is 103 Å². The van der Waals surface area contributed by atoms with Gasteiger partial charge in [-0.1, -0.05) is 44.2 Å². The van der Waals surface area contributed by atoms with Crippen LogP contribution in [0.25, 0.3) is 11.0 Å². The van der Waals surface area contributed by atoms with Crippen molar-refractivity contribution in [3.63, 3.8) is 0 Å². The number of carbonyl (C=O) groups excluding carboxylic acids is 1. The summed E-state index contributed by atoms with van der Waals surface area (Å²) in [5, 5.41) is 2.24. The monoisotopic (exact) mass is 616 g/mol. The summed E-state index contributed by atoms with van der Waals surface area (Å²) in [7, 11) is 1.53. The average molecular weight is 617 g/mol. The summed E-state index contributed by atoms with van der Waals surface area (Å²) >= 11 is 5.93. The molecule has 1 aliphatic heterocycles. The molecule has 0 spiro atoms. The molecule has 15 heteroatoms. The minimum absolute atomic E-state index is 0.0119. The first-order valence-electron chi connectivity index (χ1n) is 12.9. The van der Waals surface area contributed by atoms with E-state index in [1.54, 1.807) is 41.4 Å². The number of hydrogen-bond acceptors (Lipinski definition) is 7. The predicted molar refractivity (Wildman–Crippen MR) is 153 cm³/mol. The molecule has 1 saturated heterocycles. The number of carbonyl (C=O) groups is 1. The third-order valence-electron chi connectivity index (χ3n) is 7.00. The molecule has 2 aromatic rings. The molecule has 3 heterocycles. The van der Waals surface area contributed by atoms with E-state index in [0.29, 0.717) is 35.4 Å². The molecule has 226 valence electrons. The molecule has 0 radical (unpaired) electrons. The molecule has 1 amide bonds. The van der Waals surface area contributed by atoms with Crippen LogP contribution in [0.5, 0.6) is 0 Å². The van der Waals surface area contributed by atoms with Crippen LogP contribution in [0.4, 0.5) is 19.0 Å². The van der Waals surface area contributed by atoms with Crippen LogP contribution in [-0.4, -0.2) is 91.7 Å². The quantitative estimate of drug-likeness (QED) is 0.145. The van der Waals surface area contributed by atoms with Gasteiger partial charge in [0.2, 0.25) is 0 Å². The highest BCUT2D eigenvalue weighted by Gasteiger charge is 2.42. The van der Waals surface area contributed by atoms with Crippen molar-refractivity contribution in [2.45, 2.75) is 69.9 Å². The Morgan fingerprint density at radius 3 is 2.66 bits per heavy atom. The van der Waals surface area contributed by atoms with Gasteiger partial charge in [-0.25, -0.2) is 15.0 Å². The van der Waals surface area contributed by atoms with Crippen molar-refractivity contribution in [2.75, 3.05) is 33.3 Å². The molecule has 0 aromatic carbocycles. The molecular formula is C26H36ClF3N6O4Si. The van der Waals surface area contributed by atoms with Gasteiger partial charge in [-0.3, -0.25) is 4.79 Å². The van der Waals surface area contributed by atoms with Crippen molar-refractivity contribution in [3.8, 4) is 11.8 Å². The Bertz CT molecular complexity index is 1320. The third kappa shape index (κ3) is 8.20. The summed E-state index contributed by atoms with van der Waals surface area (Å²) in [6.45, 7) is 10.6. The Kier molecular flexibility index (Phi) is 10.5. The molecule has 3 atom stereocenters. The van der Waals surface area contributed by atoms with Crippen molar-refractivity contribution in [2.24, 2.45) is 4.99 Å². The van der Waals surface area contributed by atoms with Gasteiger partial charge in [-0.05, 0) is 18.1 Å². The Morgan fingerprint density at radius 1 is 1.34 bits per heavy atom. The van der Waals surface area contributed by atoms with E-state index >= 15 is 0 Å². The minimum Gasteiger partial charge on any atom is -0.414 e. The molecule has 0 aliphatic carbocycles. The highest BCUT2D eigenvalue weighted by Crippen LogP contribution is 2.39. The van der Waals surface area contributed by atoms with Gasteiger partial charge in [0.25, 0.3) is 0 Å². The maximum atomic E-state index is 12.5. The van der Waals surface area contributed by atoms with Crippen LogP contribution in [0.2, 0.25) is 18.1 Å². The number of rotatable bonds is 9. The molecule has 10 nitrogen and oxygen atoms in total. The second-order valence-corrected chi connectivity index (χ2v) is 16.3. The summed E-state index contributed by atoms with van der Waals surface area (Å²) < 4.78 is 58.0. The number of halogens is 4. The van der Waals surface area contributed by atoms with Crippen LogP contribution in [0, 0.1) is 11.8 Å². The largest absolute Gasteiger partial charge is 0.471 e. The molecule has 0 saturated carbocycles. The SMILES string of the molecule is CN(C)/C=N/c1ncnc2c1c(C#CCNC(=O)C(F)(F)F)cn2[C@H]1CC(OCCl)[C@@H](CO[Si](C)(C)C(C)(C)C)O1. The summed E-state index contributed by atoms with van der Waals surface area (Å²) in [5.41, 5.74) is 0.877. The number of aromatic nitrogens is 3. The fourth-order valence-electron chi connectivity index (χ4n) is 3.80. The zero-order valence-corrected chi connectivity index (χ0v) is 25.9. The van der Waals surface area contributed by atoms with Gasteiger partial charge in [-0.2, -0.15) is 13.2 Å². The van der Waals surface area contributed by atoms with Gasteiger partial charge in [0, 0.05) is 26.7 Å².